The molecule has 0 unspecified atom stereocenters. The van der Waals surface area contributed by atoms with Crippen molar-refractivity contribution < 1.29 is 4.74 Å². The maximum Gasteiger partial charge on any atom is 0.322 e. The van der Waals surface area contributed by atoms with Gasteiger partial charge >= 0.3 is 6.01 Å². The Bertz CT molecular complexity index is 541. The molecule has 0 atom stereocenters. The summed E-state index contributed by atoms with van der Waals surface area (Å²) in [6.45, 7) is 0. The van der Waals surface area contributed by atoms with Crippen molar-refractivity contribution in [3.8, 4) is 12.0 Å². The second-order valence-electron chi connectivity index (χ2n) is 3.49. The normalized spacial score (nSPS) is 10.4. The Morgan fingerprint density at radius 2 is 2.06 bits per heavy atom. The minimum atomic E-state index is 0.241. The molecular formula is C9H13N7OS. The van der Waals surface area contributed by atoms with Crippen LogP contribution in [0.15, 0.2) is 11.5 Å². The molecule has 0 aliphatic heterocycles. The standard InChI is InChI=1S/C9H13N7OS/c1-15(2)6-11-7(13-8(12-6)17-3)16-5-10-9(14-16)18-4/h5H,1-4H3. The predicted molar refractivity (Wildman–Crippen MR) is 67.4 cm³/mol. The molecule has 0 aromatic carbocycles. The molecule has 2 rings (SSSR count). The van der Waals surface area contributed by atoms with Crippen molar-refractivity contribution in [2.75, 3.05) is 32.4 Å². The highest BCUT2D eigenvalue weighted by molar-refractivity contribution is 7.98. The summed E-state index contributed by atoms with van der Waals surface area (Å²) in [6, 6.07) is 0.241. The van der Waals surface area contributed by atoms with Crippen LogP contribution in [0.5, 0.6) is 6.01 Å². The third-order valence-electron chi connectivity index (χ3n) is 2.03. The molecule has 0 fully saturated rings. The summed E-state index contributed by atoms with van der Waals surface area (Å²) in [7, 11) is 5.19. The van der Waals surface area contributed by atoms with Gasteiger partial charge in [-0.05, 0) is 6.26 Å². The molecule has 0 spiro atoms. The largest absolute Gasteiger partial charge is 0.467 e. The van der Waals surface area contributed by atoms with Gasteiger partial charge in [-0.1, -0.05) is 11.8 Å². The van der Waals surface area contributed by atoms with E-state index in [9.17, 15) is 0 Å². The van der Waals surface area contributed by atoms with Gasteiger partial charge < -0.3 is 9.64 Å². The molecule has 2 aromatic heterocycles. The molecule has 8 nitrogen and oxygen atoms in total. The van der Waals surface area contributed by atoms with E-state index in [1.807, 2.05) is 20.4 Å². The van der Waals surface area contributed by atoms with Crippen molar-refractivity contribution in [3.63, 3.8) is 0 Å². The Hall–Kier alpha value is -1.90. The molecule has 0 saturated carbocycles. The number of hydrogen-bond acceptors (Lipinski definition) is 8. The predicted octanol–water partition coefficient (Wildman–Crippen LogP) is 0.249. The molecular weight excluding hydrogens is 254 g/mol. The number of thioether (sulfide) groups is 1. The fraction of sp³-hybridized carbons (Fsp3) is 0.444. The summed E-state index contributed by atoms with van der Waals surface area (Å²) in [4.78, 5) is 18.4. The Balaban J connectivity index is 2.45. The highest BCUT2D eigenvalue weighted by Gasteiger charge is 2.11. The van der Waals surface area contributed by atoms with E-state index in [2.05, 4.69) is 25.0 Å². The van der Waals surface area contributed by atoms with Gasteiger partial charge in [-0.25, -0.2) is 4.98 Å². The first-order chi connectivity index (χ1) is 8.63. The zero-order valence-electron chi connectivity index (χ0n) is 10.5. The number of nitrogens with zero attached hydrogens (tertiary/aromatic N) is 7. The van der Waals surface area contributed by atoms with Gasteiger partial charge in [0, 0.05) is 14.1 Å². The van der Waals surface area contributed by atoms with Crippen LogP contribution in [0.4, 0.5) is 5.95 Å². The molecule has 0 aliphatic rings. The summed E-state index contributed by atoms with van der Waals surface area (Å²) >= 11 is 1.45. The lowest BCUT2D eigenvalue weighted by Crippen LogP contribution is -2.16. The van der Waals surface area contributed by atoms with Gasteiger partial charge in [0.2, 0.25) is 11.1 Å². The van der Waals surface area contributed by atoms with Crippen LogP contribution in [-0.2, 0) is 0 Å². The van der Waals surface area contributed by atoms with Crippen molar-refractivity contribution in [2.45, 2.75) is 5.16 Å². The minimum absolute atomic E-state index is 0.241. The quantitative estimate of drug-likeness (QED) is 0.729. The van der Waals surface area contributed by atoms with Crippen LogP contribution in [0.25, 0.3) is 5.95 Å². The average Bonchev–Trinajstić information content (AvgIpc) is 2.86. The first-order valence-corrected chi connectivity index (χ1v) is 6.30. The van der Waals surface area contributed by atoms with Crippen LogP contribution in [0.3, 0.4) is 0 Å². The van der Waals surface area contributed by atoms with E-state index in [4.69, 9.17) is 4.74 Å². The highest BCUT2D eigenvalue weighted by Crippen LogP contribution is 2.13. The number of ether oxygens (including phenoxy) is 1. The van der Waals surface area contributed by atoms with Gasteiger partial charge in [0.05, 0.1) is 7.11 Å². The first-order valence-electron chi connectivity index (χ1n) is 5.07. The Labute approximate surface area is 108 Å². The molecule has 0 saturated heterocycles. The van der Waals surface area contributed by atoms with E-state index < -0.39 is 0 Å². The lowest BCUT2D eigenvalue weighted by atomic mass is 10.7. The molecule has 9 heteroatoms. The summed E-state index contributed by atoms with van der Waals surface area (Å²) in [5.41, 5.74) is 0. The van der Waals surface area contributed by atoms with Crippen LogP contribution < -0.4 is 9.64 Å². The zero-order chi connectivity index (χ0) is 13.1. The Morgan fingerprint density at radius 1 is 1.28 bits per heavy atom. The Kier molecular flexibility index (Phi) is 3.60. The smallest absolute Gasteiger partial charge is 0.322 e. The van der Waals surface area contributed by atoms with E-state index >= 15 is 0 Å². The van der Waals surface area contributed by atoms with E-state index in [-0.39, 0.29) is 6.01 Å². The lowest BCUT2D eigenvalue weighted by molar-refractivity contribution is 0.377. The van der Waals surface area contributed by atoms with Gasteiger partial charge in [0.25, 0.3) is 5.95 Å². The van der Waals surface area contributed by atoms with E-state index in [1.54, 1.807) is 11.2 Å². The fourth-order valence-electron chi connectivity index (χ4n) is 1.17. The van der Waals surface area contributed by atoms with Crippen LogP contribution in [0, 0.1) is 0 Å². The lowest BCUT2D eigenvalue weighted by Gasteiger charge is -2.11. The molecule has 0 radical (unpaired) electrons. The molecule has 0 N–H and O–H groups in total. The summed E-state index contributed by atoms with van der Waals surface area (Å²) < 4.78 is 6.53. The van der Waals surface area contributed by atoms with Crippen LogP contribution in [0.2, 0.25) is 0 Å². The van der Waals surface area contributed by atoms with Gasteiger partial charge in [-0.3, -0.25) is 0 Å². The second-order valence-corrected chi connectivity index (χ2v) is 4.27. The summed E-state index contributed by atoms with van der Waals surface area (Å²) in [5, 5.41) is 4.87. The molecule has 0 bridgehead atoms. The summed E-state index contributed by atoms with van der Waals surface area (Å²) in [5.74, 6) is 0.872. The van der Waals surface area contributed by atoms with Crippen LogP contribution in [0.1, 0.15) is 0 Å². The minimum Gasteiger partial charge on any atom is -0.467 e. The third kappa shape index (κ3) is 2.50. The maximum atomic E-state index is 5.04. The second kappa shape index (κ2) is 5.17. The van der Waals surface area contributed by atoms with E-state index in [0.29, 0.717) is 17.1 Å². The fourth-order valence-corrected chi connectivity index (χ4v) is 1.49. The van der Waals surface area contributed by atoms with Crippen LogP contribution >= 0.6 is 11.8 Å². The van der Waals surface area contributed by atoms with Gasteiger partial charge in [0.15, 0.2) is 0 Å². The molecule has 2 aromatic rings. The van der Waals surface area contributed by atoms with Gasteiger partial charge in [-0.2, -0.15) is 19.6 Å². The summed E-state index contributed by atoms with van der Waals surface area (Å²) in [6.07, 6.45) is 3.46. The van der Waals surface area contributed by atoms with Gasteiger partial charge in [-0.15, -0.1) is 5.10 Å². The number of methoxy groups -OCH3 is 1. The molecule has 0 amide bonds. The van der Waals surface area contributed by atoms with Crippen molar-refractivity contribution in [1.82, 2.24) is 29.7 Å². The first kappa shape index (κ1) is 12.6. The Morgan fingerprint density at radius 3 is 2.61 bits per heavy atom. The van der Waals surface area contributed by atoms with Crippen molar-refractivity contribution in [1.29, 1.82) is 0 Å². The highest BCUT2D eigenvalue weighted by atomic mass is 32.2. The average molecular weight is 267 g/mol. The number of hydrogen-bond donors (Lipinski definition) is 0. The topological polar surface area (TPSA) is 81.9 Å². The molecule has 2 heterocycles. The third-order valence-corrected chi connectivity index (χ3v) is 2.58. The number of rotatable bonds is 4. The van der Waals surface area contributed by atoms with Crippen molar-refractivity contribution >= 4 is 17.7 Å². The van der Waals surface area contributed by atoms with Gasteiger partial charge in [0.1, 0.15) is 6.33 Å². The molecule has 18 heavy (non-hydrogen) atoms. The number of aromatic nitrogens is 6. The monoisotopic (exact) mass is 267 g/mol. The van der Waals surface area contributed by atoms with Crippen molar-refractivity contribution in [2.24, 2.45) is 0 Å². The van der Waals surface area contributed by atoms with Crippen molar-refractivity contribution in [3.05, 3.63) is 6.33 Å². The molecule has 96 valence electrons. The van der Waals surface area contributed by atoms with Crippen LogP contribution in [-0.4, -0.2) is 57.2 Å². The zero-order valence-corrected chi connectivity index (χ0v) is 11.3. The SMILES string of the molecule is COc1nc(N(C)C)nc(-n2cnc(SC)n2)n1. The number of anilines is 1. The maximum absolute atomic E-state index is 5.04. The molecule has 0 aliphatic carbocycles. The van der Waals surface area contributed by atoms with E-state index in [1.165, 1.54) is 23.6 Å². The van der Waals surface area contributed by atoms with E-state index in [0.717, 1.165) is 0 Å².